The second-order valence-electron chi connectivity index (χ2n) is 7.06. The molecule has 4 rings (SSSR count). The highest BCUT2D eigenvalue weighted by molar-refractivity contribution is 9.10. The molecular formula is C21H20BrNO4. The number of ether oxygens (including phenoxy) is 2. The van der Waals surface area contributed by atoms with Crippen LogP contribution in [0.25, 0.3) is 11.0 Å². The lowest BCUT2D eigenvalue weighted by Gasteiger charge is -2.30. The van der Waals surface area contributed by atoms with Gasteiger partial charge < -0.3 is 13.9 Å². The van der Waals surface area contributed by atoms with Crippen LogP contribution >= 0.6 is 15.9 Å². The van der Waals surface area contributed by atoms with Crippen LogP contribution in [-0.2, 0) is 6.54 Å². The number of hydrogen-bond donors (Lipinski definition) is 0. The summed E-state index contributed by atoms with van der Waals surface area (Å²) in [4.78, 5) is 15.1. The van der Waals surface area contributed by atoms with E-state index < -0.39 is 0 Å². The van der Waals surface area contributed by atoms with Crippen LogP contribution in [0.4, 0.5) is 0 Å². The first-order valence-corrected chi connectivity index (χ1v) is 9.67. The minimum atomic E-state index is -0.198. The molecule has 0 atom stereocenters. The minimum absolute atomic E-state index is 0.158. The molecule has 0 fully saturated rings. The third-order valence-corrected chi connectivity index (χ3v) is 5.09. The number of fused-ring (bicyclic) bond motifs is 3. The van der Waals surface area contributed by atoms with Gasteiger partial charge in [0.2, 0.25) is 11.2 Å². The molecule has 3 aromatic rings. The molecule has 2 aromatic carbocycles. The summed E-state index contributed by atoms with van der Waals surface area (Å²) < 4.78 is 18.2. The number of hydrogen-bond acceptors (Lipinski definition) is 5. The minimum Gasteiger partial charge on any atom is -0.478 e. The SMILES string of the molecule is CC(C)CN1COc2ccc3c(=O)c(Oc4ccccc4Br)coc3c2C1. The Morgan fingerprint density at radius 3 is 2.78 bits per heavy atom. The van der Waals surface area contributed by atoms with E-state index in [0.29, 0.717) is 35.9 Å². The van der Waals surface area contributed by atoms with Gasteiger partial charge in [0.1, 0.15) is 30.1 Å². The first kappa shape index (κ1) is 18.1. The fourth-order valence-electron chi connectivity index (χ4n) is 3.29. The van der Waals surface area contributed by atoms with E-state index in [1.54, 1.807) is 12.1 Å². The monoisotopic (exact) mass is 429 g/mol. The Balaban J connectivity index is 1.73. The van der Waals surface area contributed by atoms with E-state index in [9.17, 15) is 4.79 Å². The summed E-state index contributed by atoms with van der Waals surface area (Å²) in [6, 6.07) is 11.0. The number of benzene rings is 2. The van der Waals surface area contributed by atoms with E-state index in [4.69, 9.17) is 13.9 Å². The molecule has 1 aliphatic rings. The lowest BCUT2D eigenvalue weighted by molar-refractivity contribution is 0.0848. The first-order chi connectivity index (χ1) is 13.0. The fraction of sp³-hybridized carbons (Fsp3) is 0.286. The predicted octanol–water partition coefficient (Wildman–Crippen LogP) is 5.16. The Morgan fingerprint density at radius 2 is 2.00 bits per heavy atom. The van der Waals surface area contributed by atoms with Crippen LogP contribution in [0.1, 0.15) is 19.4 Å². The number of para-hydroxylation sites is 1. The summed E-state index contributed by atoms with van der Waals surface area (Å²) in [5.41, 5.74) is 1.27. The van der Waals surface area contributed by atoms with Gasteiger partial charge in [0, 0.05) is 13.1 Å². The van der Waals surface area contributed by atoms with Gasteiger partial charge >= 0.3 is 0 Å². The van der Waals surface area contributed by atoms with Crippen molar-refractivity contribution in [2.45, 2.75) is 20.4 Å². The molecule has 1 aromatic heterocycles. The van der Waals surface area contributed by atoms with Crippen LogP contribution in [0.15, 0.2) is 56.3 Å². The van der Waals surface area contributed by atoms with Crippen LogP contribution in [0.3, 0.4) is 0 Å². The molecule has 0 unspecified atom stereocenters. The van der Waals surface area contributed by atoms with Crippen molar-refractivity contribution in [3.8, 4) is 17.2 Å². The van der Waals surface area contributed by atoms with Gasteiger partial charge in [-0.25, -0.2) is 0 Å². The summed E-state index contributed by atoms with van der Waals surface area (Å²) in [5, 5.41) is 0.494. The van der Waals surface area contributed by atoms with Crippen LogP contribution < -0.4 is 14.9 Å². The van der Waals surface area contributed by atoms with Crippen molar-refractivity contribution in [3.63, 3.8) is 0 Å². The molecule has 0 N–H and O–H groups in total. The Kier molecular flexibility index (Phi) is 4.93. The molecule has 140 valence electrons. The van der Waals surface area contributed by atoms with Crippen LogP contribution in [0.2, 0.25) is 0 Å². The number of halogens is 1. The lowest BCUT2D eigenvalue weighted by atomic mass is 10.1. The van der Waals surface area contributed by atoms with E-state index in [1.165, 1.54) is 6.26 Å². The maximum Gasteiger partial charge on any atom is 0.235 e. The summed E-state index contributed by atoms with van der Waals surface area (Å²) in [5.74, 6) is 2.02. The summed E-state index contributed by atoms with van der Waals surface area (Å²) in [6.07, 6.45) is 1.38. The zero-order valence-corrected chi connectivity index (χ0v) is 16.8. The summed E-state index contributed by atoms with van der Waals surface area (Å²) in [7, 11) is 0. The molecule has 0 spiro atoms. The molecular weight excluding hydrogens is 410 g/mol. The summed E-state index contributed by atoms with van der Waals surface area (Å²) in [6.45, 7) is 6.50. The fourth-order valence-corrected chi connectivity index (χ4v) is 3.65. The highest BCUT2D eigenvalue weighted by Gasteiger charge is 2.23. The molecule has 2 heterocycles. The van der Waals surface area contributed by atoms with Gasteiger partial charge in [0.05, 0.1) is 15.4 Å². The van der Waals surface area contributed by atoms with Gasteiger partial charge in [0.15, 0.2) is 0 Å². The van der Waals surface area contributed by atoms with E-state index in [0.717, 1.165) is 22.3 Å². The molecule has 1 aliphatic heterocycles. The topological polar surface area (TPSA) is 51.9 Å². The first-order valence-electron chi connectivity index (χ1n) is 8.88. The maximum absolute atomic E-state index is 12.9. The maximum atomic E-state index is 12.9. The number of nitrogens with zero attached hydrogens (tertiary/aromatic N) is 1. The highest BCUT2D eigenvalue weighted by Crippen LogP contribution is 2.33. The second-order valence-corrected chi connectivity index (χ2v) is 7.91. The predicted molar refractivity (Wildman–Crippen MR) is 107 cm³/mol. The van der Waals surface area contributed by atoms with Crippen molar-refractivity contribution >= 4 is 26.9 Å². The molecule has 0 amide bonds. The average molecular weight is 430 g/mol. The normalized spacial score (nSPS) is 14.2. The number of rotatable bonds is 4. The van der Waals surface area contributed by atoms with E-state index >= 15 is 0 Å². The van der Waals surface area contributed by atoms with Crippen molar-refractivity contribution in [2.75, 3.05) is 13.3 Å². The van der Waals surface area contributed by atoms with Crippen molar-refractivity contribution < 1.29 is 13.9 Å². The van der Waals surface area contributed by atoms with Gasteiger partial charge in [-0.05, 0) is 46.1 Å². The highest BCUT2D eigenvalue weighted by atomic mass is 79.9. The molecule has 0 aliphatic carbocycles. The third-order valence-electron chi connectivity index (χ3n) is 4.43. The average Bonchev–Trinajstić information content (AvgIpc) is 2.65. The Bertz CT molecular complexity index is 1040. The van der Waals surface area contributed by atoms with Gasteiger partial charge in [-0.15, -0.1) is 0 Å². The Labute approximate surface area is 165 Å². The smallest absolute Gasteiger partial charge is 0.235 e. The molecule has 0 radical (unpaired) electrons. The Morgan fingerprint density at radius 1 is 1.19 bits per heavy atom. The van der Waals surface area contributed by atoms with Gasteiger partial charge in [-0.2, -0.15) is 0 Å². The van der Waals surface area contributed by atoms with Crippen molar-refractivity contribution in [1.82, 2.24) is 4.90 Å². The second kappa shape index (κ2) is 7.37. The zero-order valence-electron chi connectivity index (χ0n) is 15.2. The Hall–Kier alpha value is -2.31. The van der Waals surface area contributed by atoms with Crippen molar-refractivity contribution in [1.29, 1.82) is 0 Å². The van der Waals surface area contributed by atoms with E-state index in [2.05, 4.69) is 34.7 Å². The summed E-state index contributed by atoms with van der Waals surface area (Å²) >= 11 is 3.42. The van der Waals surface area contributed by atoms with Gasteiger partial charge in [-0.1, -0.05) is 26.0 Å². The molecule has 0 saturated carbocycles. The van der Waals surface area contributed by atoms with Crippen molar-refractivity contribution in [2.24, 2.45) is 5.92 Å². The largest absolute Gasteiger partial charge is 0.478 e. The lowest BCUT2D eigenvalue weighted by Crippen LogP contribution is -2.34. The van der Waals surface area contributed by atoms with Crippen molar-refractivity contribution in [3.05, 3.63) is 62.9 Å². The molecule has 5 nitrogen and oxygen atoms in total. The third kappa shape index (κ3) is 3.59. The van der Waals surface area contributed by atoms with Crippen LogP contribution in [0.5, 0.6) is 17.2 Å². The van der Waals surface area contributed by atoms with E-state index in [-0.39, 0.29) is 11.2 Å². The van der Waals surface area contributed by atoms with Crippen LogP contribution in [-0.4, -0.2) is 18.2 Å². The standard InChI is InChI=1S/C21H20BrNO4/c1-13(2)9-23-10-15-17(26-12-23)8-7-14-20(24)19(11-25-21(14)15)27-18-6-4-3-5-16(18)22/h3-8,11,13H,9-10,12H2,1-2H3. The van der Waals surface area contributed by atoms with Gasteiger partial charge in [-0.3, -0.25) is 9.69 Å². The molecule has 0 bridgehead atoms. The van der Waals surface area contributed by atoms with Gasteiger partial charge in [0.25, 0.3) is 0 Å². The van der Waals surface area contributed by atoms with E-state index in [1.807, 2.05) is 24.3 Å². The molecule has 27 heavy (non-hydrogen) atoms. The molecule has 0 saturated heterocycles. The quantitative estimate of drug-likeness (QED) is 0.573. The zero-order chi connectivity index (χ0) is 19.0. The van der Waals surface area contributed by atoms with Crippen LogP contribution in [0, 0.1) is 5.92 Å². The molecule has 6 heteroatoms.